The van der Waals surface area contributed by atoms with Gasteiger partial charge in [-0.3, -0.25) is 0 Å². The highest BCUT2D eigenvalue weighted by atomic mass is 35.5. The van der Waals surface area contributed by atoms with Crippen LogP contribution in [0.1, 0.15) is 43.5 Å². The van der Waals surface area contributed by atoms with Crippen LogP contribution in [0, 0.1) is 5.82 Å². The van der Waals surface area contributed by atoms with Crippen molar-refractivity contribution < 1.29 is 13.2 Å². The van der Waals surface area contributed by atoms with Gasteiger partial charge in [-0.25, -0.2) is 32.6 Å². The lowest BCUT2D eigenvalue weighted by Crippen LogP contribution is -2.33. The molecule has 12 heteroatoms. The fourth-order valence-corrected chi connectivity index (χ4v) is 4.55. The number of fused-ring (bicyclic) bond motifs is 1. The molecule has 0 bridgehead atoms. The van der Waals surface area contributed by atoms with Crippen LogP contribution in [0.2, 0.25) is 5.02 Å². The minimum atomic E-state index is -2.75. The van der Waals surface area contributed by atoms with E-state index < -0.39 is 18.1 Å². The highest BCUT2D eigenvalue weighted by Gasteiger charge is 2.22. The van der Waals surface area contributed by atoms with Crippen molar-refractivity contribution in [3.05, 3.63) is 71.3 Å². The summed E-state index contributed by atoms with van der Waals surface area (Å²) < 4.78 is 41.2. The zero-order valence-corrected chi connectivity index (χ0v) is 20.3. The number of aliphatic imine (C=N–C) groups is 1. The Kier molecular flexibility index (Phi) is 6.98. The van der Waals surface area contributed by atoms with Gasteiger partial charge in [0.25, 0.3) is 6.43 Å². The maximum atomic E-state index is 13.8. The molecule has 8 nitrogen and oxygen atoms in total. The van der Waals surface area contributed by atoms with E-state index in [1.54, 1.807) is 16.9 Å². The van der Waals surface area contributed by atoms with Crippen LogP contribution in [0.4, 0.5) is 24.5 Å². The van der Waals surface area contributed by atoms with Crippen LogP contribution < -0.4 is 16.8 Å². The van der Waals surface area contributed by atoms with Gasteiger partial charge in [0.05, 0.1) is 33.7 Å². The monoisotopic (exact) mass is 528 g/mol. The van der Waals surface area contributed by atoms with E-state index in [2.05, 4.69) is 25.4 Å². The maximum Gasteiger partial charge on any atom is 0.297 e. The van der Waals surface area contributed by atoms with E-state index in [0.29, 0.717) is 27.9 Å². The Morgan fingerprint density at radius 1 is 1.08 bits per heavy atom. The van der Waals surface area contributed by atoms with E-state index >= 15 is 0 Å². The Labute approximate surface area is 215 Å². The lowest BCUT2D eigenvalue weighted by Gasteiger charge is -2.28. The van der Waals surface area contributed by atoms with Gasteiger partial charge in [0.15, 0.2) is 5.82 Å². The number of halogens is 4. The first kappa shape index (κ1) is 25.0. The first-order chi connectivity index (χ1) is 17.8. The topological polar surface area (TPSA) is 120 Å². The molecular weight excluding hydrogens is 505 g/mol. The van der Waals surface area contributed by atoms with E-state index in [-0.39, 0.29) is 28.6 Å². The van der Waals surface area contributed by atoms with Crippen molar-refractivity contribution in [3.8, 4) is 11.1 Å². The molecule has 0 spiro atoms. The van der Waals surface area contributed by atoms with Gasteiger partial charge < -0.3 is 16.8 Å². The largest absolute Gasteiger partial charge is 0.383 e. The highest BCUT2D eigenvalue weighted by molar-refractivity contribution is 6.33. The smallest absolute Gasteiger partial charge is 0.297 e. The number of aromatic nitrogens is 4. The predicted molar refractivity (Wildman–Crippen MR) is 137 cm³/mol. The molecule has 192 valence electrons. The molecule has 1 aliphatic rings. The molecule has 1 aliphatic carbocycles. The molecule has 5 N–H and O–H groups in total. The van der Waals surface area contributed by atoms with E-state index in [1.165, 1.54) is 30.6 Å². The van der Waals surface area contributed by atoms with Crippen molar-refractivity contribution in [2.24, 2.45) is 16.5 Å². The fraction of sp³-hybridized carbons (Fsp3) is 0.280. The number of anilines is 1. The van der Waals surface area contributed by atoms with E-state index in [1.807, 2.05) is 6.07 Å². The second-order valence-electron chi connectivity index (χ2n) is 8.97. The van der Waals surface area contributed by atoms with Crippen LogP contribution >= 0.6 is 11.6 Å². The standard InChI is InChI=1S/C25H24ClF3N8/c26-19-6-1-15(27)8-20(19)36-24(31)18-11-34-37-12-13(14-9-32-25(23(28)29)33-10-14)7-21(37)22(18)35-17-4-2-16(30)3-5-17/h1,6-12,16-17,23,35H,2-5,30H2,(H2,31,36)/t16-,17-. The molecule has 0 aliphatic heterocycles. The quantitative estimate of drug-likeness (QED) is 0.232. The first-order valence-electron chi connectivity index (χ1n) is 11.7. The number of nitrogens with zero attached hydrogens (tertiary/aromatic N) is 5. The van der Waals surface area contributed by atoms with Gasteiger partial charge in [-0.1, -0.05) is 11.6 Å². The number of alkyl halides is 2. The van der Waals surface area contributed by atoms with E-state index in [4.69, 9.17) is 23.1 Å². The van der Waals surface area contributed by atoms with E-state index in [9.17, 15) is 13.2 Å². The predicted octanol–water partition coefficient (Wildman–Crippen LogP) is 5.24. The summed E-state index contributed by atoms with van der Waals surface area (Å²) in [7, 11) is 0. The Morgan fingerprint density at radius 2 is 1.81 bits per heavy atom. The summed E-state index contributed by atoms with van der Waals surface area (Å²) in [5.41, 5.74) is 15.8. The van der Waals surface area contributed by atoms with Gasteiger partial charge in [0.2, 0.25) is 0 Å². The Balaban J connectivity index is 1.59. The van der Waals surface area contributed by atoms with Crippen molar-refractivity contribution in [3.63, 3.8) is 0 Å². The van der Waals surface area contributed by atoms with Gasteiger partial charge in [-0.2, -0.15) is 5.10 Å². The highest BCUT2D eigenvalue weighted by Crippen LogP contribution is 2.32. The minimum absolute atomic E-state index is 0.102. The Hall–Kier alpha value is -3.70. The second-order valence-corrected chi connectivity index (χ2v) is 9.38. The lowest BCUT2D eigenvalue weighted by molar-refractivity contribution is 0.140. The van der Waals surface area contributed by atoms with Crippen LogP contribution in [0.25, 0.3) is 16.6 Å². The molecule has 0 amide bonds. The minimum Gasteiger partial charge on any atom is -0.383 e. The Morgan fingerprint density at radius 3 is 2.51 bits per heavy atom. The molecule has 0 saturated heterocycles. The molecular formula is C25H24ClF3N8. The van der Waals surface area contributed by atoms with Crippen LogP contribution in [0.5, 0.6) is 0 Å². The molecule has 5 rings (SSSR count). The number of benzene rings is 1. The zero-order valence-electron chi connectivity index (χ0n) is 19.6. The first-order valence-corrected chi connectivity index (χ1v) is 12.1. The average Bonchev–Trinajstić information content (AvgIpc) is 3.32. The van der Waals surface area contributed by atoms with Gasteiger partial charge in [-0.15, -0.1) is 0 Å². The number of rotatable bonds is 6. The lowest BCUT2D eigenvalue weighted by atomic mass is 9.91. The number of amidine groups is 1. The maximum absolute atomic E-state index is 13.8. The normalized spacial score (nSPS) is 18.5. The van der Waals surface area contributed by atoms with Crippen LogP contribution in [0.3, 0.4) is 0 Å². The van der Waals surface area contributed by atoms with Crippen molar-refractivity contribution >= 4 is 34.3 Å². The molecule has 1 saturated carbocycles. The summed E-state index contributed by atoms with van der Waals surface area (Å²) in [5, 5.41) is 8.31. The summed E-state index contributed by atoms with van der Waals surface area (Å²) in [6, 6.07) is 6.02. The van der Waals surface area contributed by atoms with Crippen molar-refractivity contribution in [1.29, 1.82) is 0 Å². The van der Waals surface area contributed by atoms with Crippen molar-refractivity contribution in [2.75, 3.05) is 5.32 Å². The molecule has 37 heavy (non-hydrogen) atoms. The number of nitrogens with one attached hydrogen (secondary N) is 1. The molecule has 1 fully saturated rings. The molecule has 3 heterocycles. The molecule has 4 aromatic rings. The fourth-order valence-electron chi connectivity index (χ4n) is 4.39. The summed E-state index contributed by atoms with van der Waals surface area (Å²) in [4.78, 5) is 11.9. The summed E-state index contributed by atoms with van der Waals surface area (Å²) in [6.45, 7) is 0. The average molecular weight is 529 g/mol. The summed E-state index contributed by atoms with van der Waals surface area (Å²) in [6.07, 6.45) is 6.78. The molecule has 0 radical (unpaired) electrons. The molecule has 0 unspecified atom stereocenters. The van der Waals surface area contributed by atoms with Crippen LogP contribution in [0.15, 0.2) is 54.0 Å². The third-order valence-corrected chi connectivity index (χ3v) is 6.70. The Bertz CT molecular complexity index is 1450. The third-order valence-electron chi connectivity index (χ3n) is 6.38. The summed E-state index contributed by atoms with van der Waals surface area (Å²) >= 11 is 6.20. The molecule has 3 aromatic heterocycles. The van der Waals surface area contributed by atoms with E-state index in [0.717, 1.165) is 25.7 Å². The third kappa shape index (κ3) is 5.37. The second kappa shape index (κ2) is 10.3. The SMILES string of the molecule is N/C(=N\c1cc(F)ccc1Cl)c1cnn2cc(-c3cnc(C(F)F)nc3)cc2c1N[C@H]1CC[C@H](N)CC1. The van der Waals surface area contributed by atoms with Crippen LogP contribution in [-0.4, -0.2) is 37.5 Å². The van der Waals surface area contributed by atoms with Gasteiger partial charge in [0.1, 0.15) is 11.7 Å². The van der Waals surface area contributed by atoms with Crippen LogP contribution in [-0.2, 0) is 0 Å². The summed E-state index contributed by atoms with van der Waals surface area (Å²) in [5.74, 6) is -0.923. The number of hydrogen-bond acceptors (Lipinski definition) is 6. The van der Waals surface area contributed by atoms with Crippen molar-refractivity contribution in [2.45, 2.75) is 44.2 Å². The number of nitrogens with two attached hydrogens (primary N) is 2. The zero-order chi connectivity index (χ0) is 26.1. The van der Waals surface area contributed by atoms with Crippen molar-refractivity contribution in [1.82, 2.24) is 19.6 Å². The van der Waals surface area contributed by atoms with Gasteiger partial charge in [-0.05, 0) is 43.9 Å². The molecule has 0 atom stereocenters. The molecule has 1 aromatic carbocycles. The van der Waals surface area contributed by atoms with Gasteiger partial charge >= 0.3 is 0 Å². The van der Waals surface area contributed by atoms with Gasteiger partial charge in [0, 0.05) is 47.9 Å². The number of hydrogen-bond donors (Lipinski definition) is 3.